The lowest BCUT2D eigenvalue weighted by atomic mass is 10.1. The molecule has 2 aromatic carbocycles. The maximum atomic E-state index is 12.3. The Hall–Kier alpha value is -1.55. The largest absolute Gasteiger partial charge is 0.322 e. The normalized spacial score (nSPS) is 14.9. The molecule has 0 aromatic heterocycles. The summed E-state index contributed by atoms with van der Waals surface area (Å²) < 4.78 is 0. The summed E-state index contributed by atoms with van der Waals surface area (Å²) in [6, 6.07) is 12.7. The predicted molar refractivity (Wildman–Crippen MR) is 95.4 cm³/mol. The van der Waals surface area contributed by atoms with Crippen LogP contribution in [0.3, 0.4) is 0 Å². The fourth-order valence-corrected chi connectivity index (χ4v) is 3.32. The van der Waals surface area contributed by atoms with Crippen LogP contribution in [0.15, 0.2) is 42.5 Å². The highest BCUT2D eigenvalue weighted by molar-refractivity contribution is 6.35. The summed E-state index contributed by atoms with van der Waals surface area (Å²) in [5.41, 5.74) is 2.44. The van der Waals surface area contributed by atoms with Crippen molar-refractivity contribution in [2.24, 2.45) is 0 Å². The molecule has 0 unspecified atom stereocenters. The molecule has 1 saturated heterocycles. The number of carbonyl (C=O) groups excluding carboxylic acids is 1. The third-order valence-electron chi connectivity index (χ3n) is 3.94. The molecule has 23 heavy (non-hydrogen) atoms. The quantitative estimate of drug-likeness (QED) is 0.857. The maximum Gasteiger partial charge on any atom is 0.255 e. The smallest absolute Gasteiger partial charge is 0.255 e. The number of nitrogens with zero attached hydrogens (tertiary/aromatic N) is 1. The first-order valence-electron chi connectivity index (χ1n) is 7.69. The molecule has 1 aliphatic heterocycles. The Morgan fingerprint density at radius 3 is 2.22 bits per heavy atom. The van der Waals surface area contributed by atoms with Crippen molar-refractivity contribution in [2.75, 3.05) is 18.4 Å². The van der Waals surface area contributed by atoms with E-state index in [9.17, 15) is 4.79 Å². The van der Waals surface area contributed by atoms with Crippen molar-refractivity contribution in [1.82, 2.24) is 4.90 Å². The van der Waals surface area contributed by atoms with E-state index >= 15 is 0 Å². The van der Waals surface area contributed by atoms with Crippen LogP contribution in [-0.4, -0.2) is 23.9 Å². The number of benzene rings is 2. The number of anilines is 1. The molecule has 0 saturated carbocycles. The fraction of sp³-hybridized carbons (Fsp3) is 0.278. The van der Waals surface area contributed by atoms with Crippen molar-refractivity contribution < 1.29 is 4.79 Å². The van der Waals surface area contributed by atoms with Gasteiger partial charge in [-0.25, -0.2) is 0 Å². The molecule has 3 rings (SSSR count). The van der Waals surface area contributed by atoms with E-state index in [4.69, 9.17) is 23.2 Å². The summed E-state index contributed by atoms with van der Waals surface area (Å²) in [4.78, 5) is 14.7. The van der Waals surface area contributed by atoms with Crippen molar-refractivity contribution in [3.8, 4) is 0 Å². The van der Waals surface area contributed by atoms with Gasteiger partial charge in [0.15, 0.2) is 0 Å². The van der Waals surface area contributed by atoms with Gasteiger partial charge >= 0.3 is 0 Å². The molecule has 1 N–H and O–H groups in total. The predicted octanol–water partition coefficient (Wildman–Crippen LogP) is 4.84. The van der Waals surface area contributed by atoms with Crippen LogP contribution >= 0.6 is 23.2 Å². The summed E-state index contributed by atoms with van der Waals surface area (Å²) in [5.74, 6) is -0.170. The zero-order chi connectivity index (χ0) is 16.2. The van der Waals surface area contributed by atoms with Crippen LogP contribution in [0.5, 0.6) is 0 Å². The number of hydrogen-bond donors (Lipinski definition) is 1. The van der Waals surface area contributed by atoms with Crippen molar-refractivity contribution in [3.63, 3.8) is 0 Å². The van der Waals surface area contributed by atoms with E-state index in [2.05, 4.69) is 10.2 Å². The van der Waals surface area contributed by atoms with Gasteiger partial charge < -0.3 is 5.32 Å². The fourth-order valence-electron chi connectivity index (χ4n) is 2.79. The third-order valence-corrected chi connectivity index (χ3v) is 4.38. The molecular weight excluding hydrogens is 331 g/mol. The van der Waals surface area contributed by atoms with E-state index in [0.717, 1.165) is 19.6 Å². The Balaban J connectivity index is 1.65. The summed E-state index contributed by atoms with van der Waals surface area (Å²) in [7, 11) is 0. The van der Waals surface area contributed by atoms with Crippen molar-refractivity contribution in [1.29, 1.82) is 0 Å². The highest BCUT2D eigenvalue weighted by atomic mass is 35.5. The maximum absolute atomic E-state index is 12.3. The van der Waals surface area contributed by atoms with E-state index in [1.165, 1.54) is 18.4 Å². The van der Waals surface area contributed by atoms with Gasteiger partial charge in [-0.15, -0.1) is 0 Å². The van der Waals surface area contributed by atoms with Crippen molar-refractivity contribution >= 4 is 34.8 Å². The number of hydrogen-bond acceptors (Lipinski definition) is 2. The van der Waals surface area contributed by atoms with Gasteiger partial charge in [0.2, 0.25) is 0 Å². The second-order valence-electron chi connectivity index (χ2n) is 5.79. The summed E-state index contributed by atoms with van der Waals surface area (Å²) >= 11 is 11.9. The number of halogens is 2. The highest BCUT2D eigenvalue weighted by Crippen LogP contribution is 2.23. The molecule has 5 heteroatoms. The molecule has 0 radical (unpaired) electrons. The SMILES string of the molecule is O=C(Nc1cc(Cl)cc(Cl)c1)c1ccc(CN2CCCC2)cc1. The molecule has 0 bridgehead atoms. The molecule has 1 aliphatic rings. The second kappa shape index (κ2) is 7.35. The van der Waals surface area contributed by atoms with Crippen molar-refractivity contribution in [3.05, 3.63) is 63.6 Å². The molecule has 1 heterocycles. The molecule has 1 amide bonds. The van der Waals surface area contributed by atoms with E-state index in [1.54, 1.807) is 18.2 Å². The molecule has 0 atom stereocenters. The van der Waals surface area contributed by atoms with Crippen LogP contribution in [0.2, 0.25) is 10.0 Å². The average Bonchev–Trinajstić information content (AvgIpc) is 3.00. The molecular formula is C18H18Cl2N2O. The lowest BCUT2D eigenvalue weighted by molar-refractivity contribution is 0.102. The number of amides is 1. The molecule has 0 aliphatic carbocycles. The Morgan fingerprint density at radius 2 is 1.61 bits per heavy atom. The first kappa shape index (κ1) is 16.3. The van der Waals surface area contributed by atoms with Gasteiger partial charge in [0.25, 0.3) is 5.91 Å². The van der Waals surface area contributed by atoms with Gasteiger partial charge in [0, 0.05) is 27.8 Å². The monoisotopic (exact) mass is 348 g/mol. The van der Waals surface area contributed by atoms with Crippen LogP contribution in [0.25, 0.3) is 0 Å². The molecule has 120 valence electrons. The average molecular weight is 349 g/mol. The minimum atomic E-state index is -0.170. The lowest BCUT2D eigenvalue weighted by Gasteiger charge is -2.14. The van der Waals surface area contributed by atoms with Crippen LogP contribution in [0.1, 0.15) is 28.8 Å². The van der Waals surface area contributed by atoms with Crippen LogP contribution in [-0.2, 0) is 6.54 Å². The number of carbonyl (C=O) groups is 1. The summed E-state index contributed by atoms with van der Waals surface area (Å²) in [6.45, 7) is 3.28. The van der Waals surface area contributed by atoms with Crippen LogP contribution < -0.4 is 5.32 Å². The Labute approximate surface area is 146 Å². The third kappa shape index (κ3) is 4.47. The first-order chi connectivity index (χ1) is 11.1. The van der Waals surface area contributed by atoms with Gasteiger partial charge in [-0.3, -0.25) is 9.69 Å². The molecule has 3 nitrogen and oxygen atoms in total. The topological polar surface area (TPSA) is 32.3 Å². The number of likely N-dealkylation sites (tertiary alicyclic amines) is 1. The molecule has 2 aromatic rings. The summed E-state index contributed by atoms with van der Waals surface area (Å²) in [6.07, 6.45) is 2.56. The minimum absolute atomic E-state index is 0.170. The van der Waals surface area contributed by atoms with Gasteiger partial charge in [-0.1, -0.05) is 35.3 Å². The number of rotatable bonds is 4. The van der Waals surface area contributed by atoms with Gasteiger partial charge in [0.1, 0.15) is 0 Å². The van der Waals surface area contributed by atoms with Gasteiger partial charge in [-0.2, -0.15) is 0 Å². The number of nitrogens with one attached hydrogen (secondary N) is 1. The van der Waals surface area contributed by atoms with E-state index in [0.29, 0.717) is 21.3 Å². The molecule has 0 spiro atoms. The zero-order valence-electron chi connectivity index (χ0n) is 12.7. The van der Waals surface area contributed by atoms with Crippen LogP contribution in [0, 0.1) is 0 Å². The molecule has 1 fully saturated rings. The van der Waals surface area contributed by atoms with Crippen LogP contribution in [0.4, 0.5) is 5.69 Å². The standard InChI is InChI=1S/C18H18Cl2N2O/c19-15-9-16(20)11-17(10-15)21-18(23)14-5-3-13(4-6-14)12-22-7-1-2-8-22/h3-6,9-11H,1-2,7-8,12H2,(H,21,23). The summed E-state index contributed by atoms with van der Waals surface area (Å²) in [5, 5.41) is 3.80. The van der Waals surface area contributed by atoms with E-state index in [-0.39, 0.29) is 5.91 Å². The van der Waals surface area contributed by atoms with E-state index in [1.807, 2.05) is 24.3 Å². The second-order valence-corrected chi connectivity index (χ2v) is 6.67. The van der Waals surface area contributed by atoms with Crippen molar-refractivity contribution in [2.45, 2.75) is 19.4 Å². The Kier molecular flexibility index (Phi) is 5.21. The zero-order valence-corrected chi connectivity index (χ0v) is 14.2. The van der Waals surface area contributed by atoms with Gasteiger partial charge in [-0.05, 0) is 61.8 Å². The van der Waals surface area contributed by atoms with Gasteiger partial charge in [0.05, 0.1) is 0 Å². The minimum Gasteiger partial charge on any atom is -0.322 e. The Bertz CT molecular complexity index is 674. The first-order valence-corrected chi connectivity index (χ1v) is 8.44. The lowest BCUT2D eigenvalue weighted by Crippen LogP contribution is -2.18. The highest BCUT2D eigenvalue weighted by Gasteiger charge is 2.12. The van der Waals surface area contributed by atoms with E-state index < -0.39 is 0 Å². The Morgan fingerprint density at radius 1 is 1.00 bits per heavy atom.